The third-order valence-corrected chi connectivity index (χ3v) is 5.91. The molecule has 4 rings (SSSR count). The molecule has 0 atom stereocenters. The monoisotopic (exact) mass is 454 g/mol. The Kier molecular flexibility index (Phi) is 6.77. The Morgan fingerprint density at radius 3 is 2.03 bits per heavy atom. The lowest BCUT2D eigenvalue weighted by molar-refractivity contribution is 0.507. The number of rotatable bonds is 7. The summed E-state index contributed by atoms with van der Waals surface area (Å²) in [6.45, 7) is 2.02. The van der Waals surface area contributed by atoms with Crippen molar-refractivity contribution in [3.63, 3.8) is 0 Å². The molecule has 0 fully saturated rings. The molecule has 0 aliphatic rings. The Balaban J connectivity index is 1.61. The van der Waals surface area contributed by atoms with Gasteiger partial charge in [-0.05, 0) is 83.7 Å². The maximum Gasteiger partial charge on any atom is 0.159 e. The Bertz CT molecular complexity index is 1290. The van der Waals surface area contributed by atoms with Crippen molar-refractivity contribution in [1.82, 2.24) is 0 Å². The van der Waals surface area contributed by atoms with Crippen LogP contribution in [0.1, 0.15) is 36.5 Å². The van der Waals surface area contributed by atoms with Crippen LogP contribution in [-0.2, 0) is 19.3 Å². The fourth-order valence-electron chi connectivity index (χ4n) is 4.09. The van der Waals surface area contributed by atoms with Gasteiger partial charge in [0, 0.05) is 5.39 Å². The van der Waals surface area contributed by atoms with Gasteiger partial charge in [0.25, 0.3) is 0 Å². The number of aryl methyl sites for hydroxylation is 3. The number of unbranched alkanes of at least 4 members (excludes halogenated alkanes) is 1. The Morgan fingerprint density at radius 2 is 1.33 bits per heavy atom. The SMILES string of the molecule is CCCCc1cc(F)c(-c2ccc3c(F)c(CCc4ccc(F)c(F)c4)ccc3c2)c(F)c1. The second-order valence-electron chi connectivity index (χ2n) is 8.26. The summed E-state index contributed by atoms with van der Waals surface area (Å²) in [5, 5.41) is 0.859. The lowest BCUT2D eigenvalue weighted by Gasteiger charge is -2.11. The molecule has 5 heteroatoms. The third-order valence-electron chi connectivity index (χ3n) is 5.91. The van der Waals surface area contributed by atoms with Crippen molar-refractivity contribution in [3.8, 4) is 11.1 Å². The fraction of sp³-hybridized carbons (Fsp3) is 0.214. The number of benzene rings is 4. The van der Waals surface area contributed by atoms with Crippen LogP contribution in [-0.4, -0.2) is 0 Å². The zero-order valence-electron chi connectivity index (χ0n) is 18.2. The van der Waals surface area contributed by atoms with Crippen LogP contribution in [0.5, 0.6) is 0 Å². The van der Waals surface area contributed by atoms with E-state index in [2.05, 4.69) is 0 Å². The van der Waals surface area contributed by atoms with Crippen molar-refractivity contribution in [1.29, 1.82) is 0 Å². The minimum absolute atomic E-state index is 0.125. The maximum absolute atomic E-state index is 15.1. The molecule has 0 saturated heterocycles. The van der Waals surface area contributed by atoms with Gasteiger partial charge in [-0.1, -0.05) is 43.7 Å². The molecule has 4 aromatic carbocycles. The van der Waals surface area contributed by atoms with Gasteiger partial charge in [0.15, 0.2) is 11.6 Å². The van der Waals surface area contributed by atoms with E-state index in [4.69, 9.17) is 0 Å². The van der Waals surface area contributed by atoms with Gasteiger partial charge in [-0.15, -0.1) is 0 Å². The van der Waals surface area contributed by atoms with E-state index in [9.17, 15) is 17.6 Å². The van der Waals surface area contributed by atoms with Gasteiger partial charge < -0.3 is 0 Å². The van der Waals surface area contributed by atoms with E-state index in [-0.39, 0.29) is 5.56 Å². The molecule has 0 bridgehead atoms. The molecule has 0 heterocycles. The molecule has 0 saturated carbocycles. The molecule has 0 nitrogen and oxygen atoms in total. The molecule has 0 amide bonds. The van der Waals surface area contributed by atoms with Crippen molar-refractivity contribution in [2.45, 2.75) is 39.0 Å². The van der Waals surface area contributed by atoms with Gasteiger partial charge in [0.1, 0.15) is 17.5 Å². The zero-order valence-corrected chi connectivity index (χ0v) is 18.2. The average molecular weight is 454 g/mol. The Morgan fingerprint density at radius 1 is 0.606 bits per heavy atom. The molecule has 0 aliphatic carbocycles. The molecule has 0 unspecified atom stereocenters. The van der Waals surface area contributed by atoms with Gasteiger partial charge in [-0.25, -0.2) is 22.0 Å². The van der Waals surface area contributed by atoms with Crippen molar-refractivity contribution >= 4 is 10.8 Å². The standard InChI is InChI=1S/C28H23F5/c1-2-3-4-18-14-25(31)27(26(32)15-18)21-10-11-22-20(16-21)9-8-19(28(22)33)7-5-17-6-12-23(29)24(30)13-17/h6,8-16H,2-5,7H2,1H3. The van der Waals surface area contributed by atoms with Crippen LogP contribution in [0.15, 0.2) is 60.7 Å². The highest BCUT2D eigenvalue weighted by Gasteiger charge is 2.15. The Hall–Kier alpha value is -3.21. The fourth-order valence-corrected chi connectivity index (χ4v) is 4.09. The average Bonchev–Trinajstić information content (AvgIpc) is 2.79. The molecular weight excluding hydrogens is 431 g/mol. The van der Waals surface area contributed by atoms with E-state index >= 15 is 4.39 Å². The second-order valence-corrected chi connectivity index (χ2v) is 8.26. The molecule has 0 N–H and O–H groups in total. The first-order chi connectivity index (χ1) is 15.9. The first-order valence-electron chi connectivity index (χ1n) is 11.0. The maximum atomic E-state index is 15.1. The summed E-state index contributed by atoms with van der Waals surface area (Å²) < 4.78 is 71.0. The number of halogens is 5. The zero-order chi connectivity index (χ0) is 23.5. The third kappa shape index (κ3) is 4.92. The van der Waals surface area contributed by atoms with Crippen LogP contribution in [0.2, 0.25) is 0 Å². The highest BCUT2D eigenvalue weighted by molar-refractivity contribution is 5.88. The van der Waals surface area contributed by atoms with Crippen LogP contribution >= 0.6 is 0 Å². The first-order valence-corrected chi connectivity index (χ1v) is 11.0. The van der Waals surface area contributed by atoms with E-state index in [1.54, 1.807) is 18.2 Å². The smallest absolute Gasteiger partial charge is 0.159 e. The second kappa shape index (κ2) is 9.74. The number of hydrogen-bond acceptors (Lipinski definition) is 0. The minimum Gasteiger partial charge on any atom is -0.206 e. The normalized spacial score (nSPS) is 11.3. The Labute approximate surface area is 189 Å². The first kappa shape index (κ1) is 23.0. The summed E-state index contributed by atoms with van der Waals surface area (Å²) in [5.41, 5.74) is 1.83. The van der Waals surface area contributed by atoms with Crippen LogP contribution in [0, 0.1) is 29.1 Å². The van der Waals surface area contributed by atoms with Crippen molar-refractivity contribution in [2.75, 3.05) is 0 Å². The lowest BCUT2D eigenvalue weighted by Crippen LogP contribution is -1.98. The highest BCUT2D eigenvalue weighted by atomic mass is 19.2. The largest absolute Gasteiger partial charge is 0.206 e. The summed E-state index contributed by atoms with van der Waals surface area (Å²) in [6.07, 6.45) is 3.05. The van der Waals surface area contributed by atoms with Crippen LogP contribution in [0.4, 0.5) is 22.0 Å². The number of fused-ring (bicyclic) bond motifs is 1. The van der Waals surface area contributed by atoms with Gasteiger partial charge in [0.2, 0.25) is 0 Å². The summed E-state index contributed by atoms with van der Waals surface area (Å²) in [7, 11) is 0. The molecule has 33 heavy (non-hydrogen) atoms. The summed E-state index contributed by atoms with van der Waals surface area (Å²) in [5.74, 6) is -3.56. The molecule has 0 radical (unpaired) electrons. The molecule has 170 valence electrons. The van der Waals surface area contributed by atoms with Crippen LogP contribution in [0.25, 0.3) is 21.9 Å². The van der Waals surface area contributed by atoms with Crippen molar-refractivity contribution in [3.05, 3.63) is 106 Å². The summed E-state index contributed by atoms with van der Waals surface area (Å²) >= 11 is 0. The molecule has 0 aromatic heterocycles. The van der Waals surface area contributed by atoms with Crippen molar-refractivity contribution in [2.24, 2.45) is 0 Å². The van der Waals surface area contributed by atoms with E-state index in [0.717, 1.165) is 25.0 Å². The quantitative estimate of drug-likeness (QED) is 0.246. The predicted molar refractivity (Wildman–Crippen MR) is 122 cm³/mol. The molecule has 4 aromatic rings. The van der Waals surface area contributed by atoms with E-state index in [1.165, 1.54) is 30.3 Å². The molecule has 0 spiro atoms. The van der Waals surface area contributed by atoms with E-state index in [0.29, 0.717) is 52.3 Å². The topological polar surface area (TPSA) is 0 Å². The summed E-state index contributed by atoms with van der Waals surface area (Å²) in [4.78, 5) is 0. The predicted octanol–water partition coefficient (Wildman–Crippen LogP) is 8.33. The van der Waals surface area contributed by atoms with E-state index in [1.807, 2.05) is 6.92 Å². The lowest BCUT2D eigenvalue weighted by atomic mass is 9.95. The van der Waals surface area contributed by atoms with Crippen molar-refractivity contribution < 1.29 is 22.0 Å². The van der Waals surface area contributed by atoms with Gasteiger partial charge in [0.05, 0.1) is 5.56 Å². The van der Waals surface area contributed by atoms with E-state index < -0.39 is 29.1 Å². The molecular formula is C28H23F5. The minimum atomic E-state index is -0.933. The molecule has 0 aliphatic heterocycles. The summed E-state index contributed by atoms with van der Waals surface area (Å²) in [6, 6.07) is 14.3. The van der Waals surface area contributed by atoms with Gasteiger partial charge >= 0.3 is 0 Å². The number of hydrogen-bond donors (Lipinski definition) is 0. The van der Waals surface area contributed by atoms with Crippen LogP contribution in [0.3, 0.4) is 0 Å². The highest BCUT2D eigenvalue weighted by Crippen LogP contribution is 2.32. The van der Waals surface area contributed by atoms with Crippen LogP contribution < -0.4 is 0 Å². The van der Waals surface area contributed by atoms with Gasteiger partial charge in [-0.3, -0.25) is 0 Å². The van der Waals surface area contributed by atoms with Gasteiger partial charge in [-0.2, -0.15) is 0 Å².